The van der Waals surface area contributed by atoms with Crippen LogP contribution in [0.3, 0.4) is 0 Å². The summed E-state index contributed by atoms with van der Waals surface area (Å²) in [7, 11) is 0. The van der Waals surface area contributed by atoms with Crippen molar-refractivity contribution in [2.24, 2.45) is 0 Å². The summed E-state index contributed by atoms with van der Waals surface area (Å²) in [6, 6.07) is 0. The number of aryl methyl sites for hydroxylation is 1. The van der Waals surface area contributed by atoms with E-state index in [0.717, 1.165) is 0 Å². The van der Waals surface area contributed by atoms with Crippen LogP contribution in [-0.2, 0) is 0 Å². The Labute approximate surface area is 57.4 Å². The van der Waals surface area contributed by atoms with Crippen molar-refractivity contribution in [3.63, 3.8) is 0 Å². The number of halogens is 1. The predicted molar refractivity (Wildman–Crippen MR) is 29.6 cm³/mol. The molecule has 1 aromatic heterocycles. The molecule has 0 aliphatic rings. The second kappa shape index (κ2) is 2.05. The van der Waals surface area contributed by atoms with E-state index in [1.165, 1.54) is 0 Å². The Hall–Kier alpha value is -0.700. The van der Waals surface area contributed by atoms with Gasteiger partial charge in [0.15, 0.2) is 0 Å². The SMILES string of the molecule is [2H]c1nc(Cl)nc(C([2H])([2H])[2H])n1. The minimum atomic E-state index is -2.44. The highest BCUT2D eigenvalue weighted by atomic mass is 35.5. The first-order valence-electron chi connectivity index (χ1n) is 3.78. The van der Waals surface area contributed by atoms with Gasteiger partial charge in [0.05, 0.1) is 0 Å². The van der Waals surface area contributed by atoms with Crippen molar-refractivity contribution in [3.8, 4) is 0 Å². The molecule has 8 heavy (non-hydrogen) atoms. The van der Waals surface area contributed by atoms with Crippen LogP contribution in [0.1, 0.15) is 11.3 Å². The second-order valence-corrected chi connectivity index (χ2v) is 1.37. The number of hydrogen-bond donors (Lipinski definition) is 0. The van der Waals surface area contributed by atoms with E-state index in [2.05, 4.69) is 15.0 Å². The average molecular weight is 134 g/mol. The highest BCUT2D eigenvalue weighted by molar-refractivity contribution is 6.28. The fourth-order valence-electron chi connectivity index (χ4n) is 0.251. The Morgan fingerprint density at radius 1 is 1.88 bits per heavy atom. The number of hydrogen-bond acceptors (Lipinski definition) is 3. The van der Waals surface area contributed by atoms with Crippen LogP contribution in [-0.4, -0.2) is 15.0 Å². The van der Waals surface area contributed by atoms with E-state index in [0.29, 0.717) is 0 Å². The normalized spacial score (nSPS) is 18.1. The highest BCUT2D eigenvalue weighted by Crippen LogP contribution is 1.94. The fourth-order valence-corrected chi connectivity index (χ4v) is 0.369. The molecule has 4 heteroatoms. The van der Waals surface area contributed by atoms with E-state index in [1.54, 1.807) is 0 Å². The molecule has 0 amide bonds. The number of aromatic nitrogens is 3. The van der Waals surface area contributed by atoms with E-state index in [-0.39, 0.29) is 5.28 Å². The largest absolute Gasteiger partial charge is 0.225 e. The van der Waals surface area contributed by atoms with E-state index >= 15 is 0 Å². The van der Waals surface area contributed by atoms with Gasteiger partial charge in [0, 0.05) is 4.11 Å². The lowest BCUT2D eigenvalue weighted by molar-refractivity contribution is 0.974. The summed E-state index contributed by atoms with van der Waals surface area (Å²) in [5.41, 5.74) is 0. The first-order valence-corrected chi connectivity index (χ1v) is 2.16. The molecule has 0 saturated heterocycles. The van der Waals surface area contributed by atoms with Gasteiger partial charge in [-0.3, -0.25) is 0 Å². The van der Waals surface area contributed by atoms with E-state index in [4.69, 9.17) is 17.1 Å². The average Bonchev–Trinajstić information content (AvgIpc) is 1.82. The summed E-state index contributed by atoms with van der Waals surface area (Å²) >= 11 is 5.32. The molecule has 0 aliphatic heterocycles. The van der Waals surface area contributed by atoms with Gasteiger partial charge < -0.3 is 0 Å². The van der Waals surface area contributed by atoms with Crippen LogP contribution in [0.25, 0.3) is 0 Å². The lowest BCUT2D eigenvalue weighted by atomic mass is 10.7. The van der Waals surface area contributed by atoms with Crippen LogP contribution < -0.4 is 0 Å². The van der Waals surface area contributed by atoms with Crippen molar-refractivity contribution < 1.29 is 5.48 Å². The maximum Gasteiger partial charge on any atom is 0.225 e. The number of nitrogens with zero attached hydrogens (tertiary/aromatic N) is 3. The molecular formula is C4H4ClN3. The van der Waals surface area contributed by atoms with Gasteiger partial charge in [0.2, 0.25) is 5.28 Å². The molecule has 42 valence electrons. The van der Waals surface area contributed by atoms with E-state index in [1.807, 2.05) is 0 Å². The Morgan fingerprint density at radius 2 is 2.75 bits per heavy atom. The lowest BCUT2D eigenvalue weighted by Gasteiger charge is -1.86. The lowest BCUT2D eigenvalue weighted by Crippen LogP contribution is -1.87. The molecule has 0 atom stereocenters. The molecule has 0 saturated carbocycles. The van der Waals surface area contributed by atoms with E-state index < -0.39 is 19.0 Å². The standard InChI is InChI=1S/C4H4ClN3/c1-3-6-2-7-4(5)8-3/h2H,1H3/i1D3,2D. The molecule has 0 bridgehead atoms. The van der Waals surface area contributed by atoms with Crippen molar-refractivity contribution in [2.45, 2.75) is 6.85 Å². The third kappa shape index (κ3) is 1.13. The van der Waals surface area contributed by atoms with Crippen LogP contribution in [0, 0.1) is 6.85 Å². The molecular weight excluding hydrogens is 126 g/mol. The van der Waals surface area contributed by atoms with Crippen molar-refractivity contribution in [1.82, 2.24) is 15.0 Å². The van der Waals surface area contributed by atoms with Gasteiger partial charge in [0.1, 0.15) is 13.5 Å². The number of rotatable bonds is 0. The summed E-state index contributed by atoms with van der Waals surface area (Å²) < 4.78 is 27.7. The Bertz CT molecular complexity index is 279. The zero-order valence-electron chi connectivity index (χ0n) is 7.72. The summed E-state index contributed by atoms with van der Waals surface area (Å²) in [4.78, 5) is 9.98. The van der Waals surface area contributed by atoms with Crippen LogP contribution in [0.2, 0.25) is 5.28 Å². The molecule has 0 aliphatic carbocycles. The Morgan fingerprint density at radius 3 is 3.38 bits per heavy atom. The molecule has 3 nitrogen and oxygen atoms in total. The van der Waals surface area contributed by atoms with Crippen LogP contribution in [0.5, 0.6) is 0 Å². The maximum atomic E-state index is 6.96. The molecule has 1 aromatic rings. The zero-order chi connectivity index (χ0) is 9.35. The third-order valence-electron chi connectivity index (χ3n) is 0.496. The molecule has 0 spiro atoms. The quantitative estimate of drug-likeness (QED) is 0.526. The summed E-state index contributed by atoms with van der Waals surface area (Å²) in [6.45, 7) is -2.44. The Kier molecular flexibility index (Phi) is 0.580. The molecule has 0 N–H and O–H groups in total. The predicted octanol–water partition coefficient (Wildman–Crippen LogP) is 0.833. The first-order chi connectivity index (χ1) is 5.39. The molecule has 1 rings (SSSR count). The summed E-state index contributed by atoms with van der Waals surface area (Å²) in [5, 5.41) is -0.277. The van der Waals surface area contributed by atoms with Crippen molar-refractivity contribution in [1.29, 1.82) is 0 Å². The van der Waals surface area contributed by atoms with Crippen molar-refractivity contribution in [2.75, 3.05) is 0 Å². The van der Waals surface area contributed by atoms with Gasteiger partial charge in [-0.2, -0.15) is 0 Å². The van der Waals surface area contributed by atoms with Gasteiger partial charge in [-0.1, -0.05) is 0 Å². The van der Waals surface area contributed by atoms with Gasteiger partial charge in [-0.05, 0) is 18.5 Å². The zero-order valence-corrected chi connectivity index (χ0v) is 4.48. The molecule has 0 radical (unpaired) electrons. The Balaban J connectivity index is 3.18. The molecule has 0 fully saturated rings. The first kappa shape index (κ1) is 2.27. The van der Waals surface area contributed by atoms with E-state index in [9.17, 15) is 0 Å². The minimum absolute atomic E-state index is 0.277. The van der Waals surface area contributed by atoms with Crippen molar-refractivity contribution >= 4 is 11.6 Å². The summed E-state index contributed by atoms with van der Waals surface area (Å²) in [6.07, 6.45) is -0.443. The van der Waals surface area contributed by atoms with Gasteiger partial charge in [-0.15, -0.1) is 0 Å². The summed E-state index contributed by atoms with van der Waals surface area (Å²) in [5.74, 6) is -0.451. The van der Waals surface area contributed by atoms with Gasteiger partial charge in [0.25, 0.3) is 0 Å². The van der Waals surface area contributed by atoms with Crippen LogP contribution >= 0.6 is 11.6 Å². The van der Waals surface area contributed by atoms with Crippen LogP contribution in [0.15, 0.2) is 6.30 Å². The monoisotopic (exact) mass is 133 g/mol. The third-order valence-corrected chi connectivity index (χ3v) is 0.665. The highest BCUT2D eigenvalue weighted by Gasteiger charge is 1.87. The molecule has 1 heterocycles. The fraction of sp³-hybridized carbons (Fsp3) is 0.250. The van der Waals surface area contributed by atoms with Crippen molar-refractivity contribution in [3.05, 3.63) is 17.4 Å². The van der Waals surface area contributed by atoms with Gasteiger partial charge >= 0.3 is 0 Å². The maximum absolute atomic E-state index is 6.96. The minimum Gasteiger partial charge on any atom is -0.222 e. The smallest absolute Gasteiger partial charge is 0.222 e. The second-order valence-electron chi connectivity index (χ2n) is 1.03. The molecule has 0 unspecified atom stereocenters. The molecule has 0 aromatic carbocycles. The topological polar surface area (TPSA) is 38.7 Å². The van der Waals surface area contributed by atoms with Gasteiger partial charge in [-0.25, -0.2) is 15.0 Å². The van der Waals surface area contributed by atoms with Crippen LogP contribution in [0.4, 0.5) is 0 Å².